The summed E-state index contributed by atoms with van der Waals surface area (Å²) in [5, 5.41) is 7.02. The molecule has 2 unspecified atom stereocenters. The number of methoxy groups -OCH3 is 1. The molecule has 0 radical (unpaired) electrons. The molecule has 2 atom stereocenters. The van der Waals surface area contributed by atoms with Gasteiger partial charge in [-0.3, -0.25) is 9.69 Å². The molecule has 1 fully saturated rings. The predicted octanol–water partition coefficient (Wildman–Crippen LogP) is 4.40. The van der Waals surface area contributed by atoms with Crippen molar-refractivity contribution in [2.75, 3.05) is 25.5 Å². The van der Waals surface area contributed by atoms with Gasteiger partial charge in [0.05, 0.1) is 24.8 Å². The second-order valence-electron chi connectivity index (χ2n) is 8.17. The number of nitrogens with one attached hydrogen (secondary N) is 1. The van der Waals surface area contributed by atoms with Crippen molar-refractivity contribution in [1.82, 2.24) is 15.0 Å². The normalized spacial score (nSPS) is 17.7. The zero-order chi connectivity index (χ0) is 22.7. The number of hydrogen-bond donors (Lipinski definition) is 1. The van der Waals surface area contributed by atoms with Crippen molar-refractivity contribution in [1.29, 1.82) is 0 Å². The summed E-state index contributed by atoms with van der Waals surface area (Å²) < 4.78 is 24.4. The molecular formula is C24H27FN4O3. The Kier molecular flexibility index (Phi) is 6.50. The van der Waals surface area contributed by atoms with Gasteiger partial charge in [-0.1, -0.05) is 23.4 Å². The van der Waals surface area contributed by atoms with Crippen molar-refractivity contribution in [3.8, 4) is 17.1 Å². The van der Waals surface area contributed by atoms with Gasteiger partial charge < -0.3 is 14.6 Å². The second-order valence-corrected chi connectivity index (χ2v) is 8.17. The van der Waals surface area contributed by atoms with Gasteiger partial charge in [0.25, 0.3) is 0 Å². The van der Waals surface area contributed by atoms with E-state index in [-0.39, 0.29) is 23.7 Å². The number of anilines is 1. The molecule has 2 aromatic carbocycles. The zero-order valence-electron chi connectivity index (χ0n) is 18.5. The molecule has 32 heavy (non-hydrogen) atoms. The number of carbonyl (C=O) groups is 1. The van der Waals surface area contributed by atoms with Crippen molar-refractivity contribution in [3.63, 3.8) is 0 Å². The van der Waals surface area contributed by atoms with Crippen LogP contribution >= 0.6 is 0 Å². The highest BCUT2D eigenvalue weighted by Crippen LogP contribution is 2.30. The number of ether oxygens (including phenoxy) is 1. The Bertz CT molecular complexity index is 1100. The van der Waals surface area contributed by atoms with Gasteiger partial charge in [-0.05, 0) is 63.1 Å². The summed E-state index contributed by atoms with van der Waals surface area (Å²) in [6, 6.07) is 11.5. The number of piperidine rings is 1. The minimum Gasteiger partial charge on any atom is -0.495 e. The SMILES string of the molecule is COc1ccc(C)cc1NC(=O)C(C)N1CCCC(c2nc(-c3cccc(F)c3)no2)C1. The van der Waals surface area contributed by atoms with Crippen LogP contribution in [0.2, 0.25) is 0 Å². The largest absolute Gasteiger partial charge is 0.495 e. The summed E-state index contributed by atoms with van der Waals surface area (Å²) >= 11 is 0. The third-order valence-electron chi connectivity index (χ3n) is 5.87. The summed E-state index contributed by atoms with van der Waals surface area (Å²) in [5.41, 5.74) is 2.28. The number of amides is 1. The Morgan fingerprint density at radius 2 is 2.16 bits per heavy atom. The van der Waals surface area contributed by atoms with E-state index in [1.807, 2.05) is 32.0 Å². The van der Waals surface area contributed by atoms with Crippen molar-refractivity contribution in [2.45, 2.75) is 38.6 Å². The molecule has 1 amide bonds. The van der Waals surface area contributed by atoms with Gasteiger partial charge in [-0.2, -0.15) is 4.98 Å². The molecule has 1 aliphatic heterocycles. The van der Waals surface area contributed by atoms with E-state index in [1.165, 1.54) is 12.1 Å². The van der Waals surface area contributed by atoms with E-state index in [2.05, 4.69) is 20.4 Å². The molecule has 1 aliphatic rings. The van der Waals surface area contributed by atoms with Crippen LogP contribution in [0.1, 0.15) is 37.1 Å². The highest BCUT2D eigenvalue weighted by atomic mass is 19.1. The fraction of sp³-hybridized carbons (Fsp3) is 0.375. The van der Waals surface area contributed by atoms with E-state index in [9.17, 15) is 9.18 Å². The molecule has 1 N–H and O–H groups in total. The first-order valence-corrected chi connectivity index (χ1v) is 10.7. The number of hydrogen-bond acceptors (Lipinski definition) is 6. The number of carbonyl (C=O) groups excluding carboxylic acids is 1. The highest BCUT2D eigenvalue weighted by Gasteiger charge is 2.31. The molecule has 0 aliphatic carbocycles. The van der Waals surface area contributed by atoms with Crippen LogP contribution < -0.4 is 10.1 Å². The molecule has 8 heteroatoms. The number of nitrogens with zero attached hydrogens (tertiary/aromatic N) is 3. The summed E-state index contributed by atoms with van der Waals surface area (Å²) in [6.07, 6.45) is 1.80. The van der Waals surface area contributed by atoms with Gasteiger partial charge in [0.1, 0.15) is 11.6 Å². The lowest BCUT2D eigenvalue weighted by Crippen LogP contribution is -2.46. The van der Waals surface area contributed by atoms with Crippen LogP contribution in [0.15, 0.2) is 47.0 Å². The predicted molar refractivity (Wildman–Crippen MR) is 119 cm³/mol. The lowest BCUT2D eigenvalue weighted by molar-refractivity contribution is -0.121. The molecule has 4 rings (SSSR count). The number of aromatic nitrogens is 2. The summed E-state index contributed by atoms with van der Waals surface area (Å²) in [4.78, 5) is 19.6. The van der Waals surface area contributed by atoms with E-state index < -0.39 is 0 Å². The fourth-order valence-electron chi connectivity index (χ4n) is 4.03. The molecule has 3 aromatic rings. The van der Waals surface area contributed by atoms with Crippen LogP contribution in [0, 0.1) is 12.7 Å². The first-order valence-electron chi connectivity index (χ1n) is 10.7. The maximum absolute atomic E-state index is 13.5. The lowest BCUT2D eigenvalue weighted by Gasteiger charge is -2.34. The van der Waals surface area contributed by atoms with Crippen LogP contribution in [0.25, 0.3) is 11.4 Å². The van der Waals surface area contributed by atoms with Gasteiger partial charge in [0.15, 0.2) is 0 Å². The average molecular weight is 439 g/mol. The fourth-order valence-corrected chi connectivity index (χ4v) is 4.03. The van der Waals surface area contributed by atoms with Crippen molar-refractivity contribution < 1.29 is 18.4 Å². The third-order valence-corrected chi connectivity index (χ3v) is 5.87. The second kappa shape index (κ2) is 9.48. The maximum Gasteiger partial charge on any atom is 0.241 e. The molecular weight excluding hydrogens is 411 g/mol. The molecule has 0 bridgehead atoms. The van der Waals surface area contributed by atoms with Gasteiger partial charge in [-0.25, -0.2) is 4.39 Å². The number of likely N-dealkylation sites (tertiary alicyclic amines) is 1. The summed E-state index contributed by atoms with van der Waals surface area (Å²) in [6.45, 7) is 5.30. The maximum atomic E-state index is 13.5. The molecule has 1 saturated heterocycles. The molecule has 1 aromatic heterocycles. The number of halogens is 1. The standard InChI is InChI=1S/C24H27FN4O3/c1-15-9-10-21(31-3)20(12-15)26-23(30)16(2)29-11-5-7-18(14-29)24-27-22(28-32-24)17-6-4-8-19(25)13-17/h4,6,8-10,12-13,16,18H,5,7,11,14H2,1-3H3,(H,26,30). The van der Waals surface area contributed by atoms with E-state index >= 15 is 0 Å². The summed E-state index contributed by atoms with van der Waals surface area (Å²) in [5.74, 6) is 1.09. The molecule has 2 heterocycles. The quantitative estimate of drug-likeness (QED) is 0.615. The van der Waals surface area contributed by atoms with E-state index in [4.69, 9.17) is 9.26 Å². The number of aryl methyl sites for hydroxylation is 1. The average Bonchev–Trinajstić information content (AvgIpc) is 3.29. The van der Waals surface area contributed by atoms with Gasteiger partial charge in [0, 0.05) is 12.1 Å². The first kappa shape index (κ1) is 22.0. The molecule has 0 saturated carbocycles. The minimum absolute atomic E-state index is 0.0160. The molecule has 168 valence electrons. The van der Waals surface area contributed by atoms with Crippen LogP contribution in [0.3, 0.4) is 0 Å². The molecule has 0 spiro atoms. The van der Waals surface area contributed by atoms with Crippen molar-refractivity contribution >= 4 is 11.6 Å². The van der Waals surface area contributed by atoms with Crippen LogP contribution in [0.4, 0.5) is 10.1 Å². The Morgan fingerprint density at radius 3 is 2.94 bits per heavy atom. The first-order chi connectivity index (χ1) is 15.4. The van der Waals surface area contributed by atoms with Crippen LogP contribution in [-0.4, -0.2) is 47.2 Å². The molecule has 7 nitrogen and oxygen atoms in total. The lowest BCUT2D eigenvalue weighted by atomic mass is 9.96. The van der Waals surface area contributed by atoms with E-state index in [1.54, 1.807) is 19.2 Å². The van der Waals surface area contributed by atoms with E-state index in [0.29, 0.717) is 35.3 Å². The summed E-state index contributed by atoms with van der Waals surface area (Å²) in [7, 11) is 1.58. The Labute approximate surface area is 186 Å². The number of rotatable bonds is 6. The number of benzene rings is 2. The Hall–Kier alpha value is -3.26. The minimum atomic E-state index is -0.345. The zero-order valence-corrected chi connectivity index (χ0v) is 18.5. The monoisotopic (exact) mass is 438 g/mol. The van der Waals surface area contributed by atoms with Gasteiger partial charge in [0.2, 0.25) is 17.6 Å². The van der Waals surface area contributed by atoms with Gasteiger partial charge >= 0.3 is 0 Å². The van der Waals surface area contributed by atoms with Crippen molar-refractivity contribution in [3.05, 3.63) is 59.7 Å². The van der Waals surface area contributed by atoms with E-state index in [0.717, 1.165) is 24.9 Å². The van der Waals surface area contributed by atoms with Gasteiger partial charge in [-0.15, -0.1) is 0 Å². The third kappa shape index (κ3) is 4.80. The topological polar surface area (TPSA) is 80.5 Å². The highest BCUT2D eigenvalue weighted by molar-refractivity contribution is 5.96. The van der Waals surface area contributed by atoms with Crippen LogP contribution in [0.5, 0.6) is 5.75 Å². The Morgan fingerprint density at radius 1 is 1.31 bits per heavy atom. The van der Waals surface area contributed by atoms with Crippen molar-refractivity contribution in [2.24, 2.45) is 0 Å². The smallest absolute Gasteiger partial charge is 0.241 e. The van der Waals surface area contributed by atoms with Crippen LogP contribution in [-0.2, 0) is 4.79 Å². The Balaban J connectivity index is 1.44.